The average Bonchev–Trinajstić information content (AvgIpc) is 2.74. The van der Waals surface area contributed by atoms with Crippen LogP contribution < -0.4 is 4.74 Å². The molecule has 0 saturated carbocycles. The zero-order valence-corrected chi connectivity index (χ0v) is 10.3. The van der Waals surface area contributed by atoms with Gasteiger partial charge in [0.1, 0.15) is 12.4 Å². The van der Waals surface area contributed by atoms with Crippen molar-refractivity contribution in [3.05, 3.63) is 29.3 Å². The predicted octanol–water partition coefficient (Wildman–Crippen LogP) is 2.78. The fourth-order valence-electron chi connectivity index (χ4n) is 2.25. The summed E-state index contributed by atoms with van der Waals surface area (Å²) in [5.41, 5.74) is 2.53. The molecule has 1 aliphatic rings. The summed E-state index contributed by atoms with van der Waals surface area (Å²) in [7, 11) is 0. The average molecular weight is 219 g/mol. The third-order valence-corrected chi connectivity index (χ3v) is 3.19. The third-order valence-electron chi connectivity index (χ3n) is 3.19. The van der Waals surface area contributed by atoms with E-state index in [1.165, 1.54) is 37.1 Å². The molecule has 0 N–H and O–H groups in total. The number of hydrogen-bond donors (Lipinski definition) is 0. The third kappa shape index (κ3) is 2.99. The van der Waals surface area contributed by atoms with Gasteiger partial charge in [-0.05, 0) is 51.4 Å². The van der Waals surface area contributed by atoms with E-state index in [-0.39, 0.29) is 0 Å². The Morgan fingerprint density at radius 1 is 1.19 bits per heavy atom. The van der Waals surface area contributed by atoms with Crippen LogP contribution in [0.5, 0.6) is 5.75 Å². The van der Waals surface area contributed by atoms with Crippen molar-refractivity contribution in [2.45, 2.75) is 26.7 Å². The maximum atomic E-state index is 5.81. The maximum absolute atomic E-state index is 5.81. The Labute approximate surface area is 98.2 Å². The van der Waals surface area contributed by atoms with E-state index in [0.717, 1.165) is 18.9 Å². The van der Waals surface area contributed by atoms with E-state index < -0.39 is 0 Å². The lowest BCUT2D eigenvalue weighted by Crippen LogP contribution is -2.25. The highest BCUT2D eigenvalue weighted by Gasteiger charge is 2.10. The number of benzene rings is 1. The molecular weight excluding hydrogens is 198 g/mol. The normalized spacial score (nSPS) is 16.6. The molecule has 0 aliphatic carbocycles. The van der Waals surface area contributed by atoms with Crippen LogP contribution in [0, 0.1) is 13.8 Å². The molecule has 0 amide bonds. The van der Waals surface area contributed by atoms with Gasteiger partial charge in [0.25, 0.3) is 0 Å². The van der Waals surface area contributed by atoms with E-state index in [1.54, 1.807) is 0 Å². The standard InChI is InChI=1S/C14H21NO/c1-12-5-6-14(13(2)11-12)16-10-9-15-7-3-4-8-15/h5-6,11H,3-4,7-10H2,1-2H3. The molecule has 0 radical (unpaired) electrons. The highest BCUT2D eigenvalue weighted by atomic mass is 16.5. The highest BCUT2D eigenvalue weighted by Crippen LogP contribution is 2.18. The van der Waals surface area contributed by atoms with Crippen molar-refractivity contribution in [1.29, 1.82) is 0 Å². The lowest BCUT2D eigenvalue weighted by atomic mass is 10.1. The molecule has 0 atom stereocenters. The van der Waals surface area contributed by atoms with Crippen molar-refractivity contribution in [2.24, 2.45) is 0 Å². The monoisotopic (exact) mass is 219 g/mol. The van der Waals surface area contributed by atoms with Gasteiger partial charge in [-0.2, -0.15) is 0 Å². The molecule has 1 saturated heterocycles. The minimum absolute atomic E-state index is 0.809. The van der Waals surface area contributed by atoms with E-state index in [9.17, 15) is 0 Å². The molecule has 2 heteroatoms. The van der Waals surface area contributed by atoms with Gasteiger partial charge in [0.15, 0.2) is 0 Å². The summed E-state index contributed by atoms with van der Waals surface area (Å²) in [6, 6.07) is 6.36. The second-order valence-corrected chi connectivity index (χ2v) is 4.67. The lowest BCUT2D eigenvalue weighted by Gasteiger charge is -2.15. The first-order valence-electron chi connectivity index (χ1n) is 6.18. The Balaban J connectivity index is 1.80. The largest absolute Gasteiger partial charge is 0.492 e. The molecule has 0 spiro atoms. The molecular formula is C14H21NO. The van der Waals surface area contributed by atoms with Crippen LogP contribution in [0.3, 0.4) is 0 Å². The van der Waals surface area contributed by atoms with Crippen LogP contribution in [0.25, 0.3) is 0 Å². The Bertz CT molecular complexity index is 343. The van der Waals surface area contributed by atoms with Crippen molar-refractivity contribution >= 4 is 0 Å². The fourth-order valence-corrected chi connectivity index (χ4v) is 2.25. The summed E-state index contributed by atoms with van der Waals surface area (Å²) in [6.45, 7) is 8.59. The molecule has 1 fully saturated rings. The topological polar surface area (TPSA) is 12.5 Å². The van der Waals surface area contributed by atoms with Crippen molar-refractivity contribution in [3.63, 3.8) is 0 Å². The number of nitrogens with zero attached hydrogens (tertiary/aromatic N) is 1. The first-order valence-corrected chi connectivity index (χ1v) is 6.18. The summed E-state index contributed by atoms with van der Waals surface area (Å²) in [5, 5.41) is 0. The van der Waals surface area contributed by atoms with Gasteiger partial charge >= 0.3 is 0 Å². The van der Waals surface area contributed by atoms with E-state index in [2.05, 4.69) is 36.9 Å². The molecule has 0 aromatic heterocycles. The summed E-state index contributed by atoms with van der Waals surface area (Å²) in [5.74, 6) is 1.03. The molecule has 1 aromatic carbocycles. The van der Waals surface area contributed by atoms with Crippen LogP contribution in [0.4, 0.5) is 0 Å². The van der Waals surface area contributed by atoms with Gasteiger partial charge in [0.05, 0.1) is 0 Å². The van der Waals surface area contributed by atoms with Crippen LogP contribution in [0.15, 0.2) is 18.2 Å². The minimum Gasteiger partial charge on any atom is -0.492 e. The van der Waals surface area contributed by atoms with Crippen LogP contribution in [0.1, 0.15) is 24.0 Å². The van der Waals surface area contributed by atoms with Crippen molar-refractivity contribution in [1.82, 2.24) is 4.90 Å². The second-order valence-electron chi connectivity index (χ2n) is 4.67. The Morgan fingerprint density at radius 2 is 1.94 bits per heavy atom. The van der Waals surface area contributed by atoms with Gasteiger partial charge in [-0.15, -0.1) is 0 Å². The van der Waals surface area contributed by atoms with Gasteiger partial charge in [-0.25, -0.2) is 0 Å². The Hall–Kier alpha value is -1.02. The van der Waals surface area contributed by atoms with Crippen molar-refractivity contribution in [3.8, 4) is 5.75 Å². The van der Waals surface area contributed by atoms with Gasteiger partial charge < -0.3 is 4.74 Å². The number of aryl methyl sites for hydroxylation is 2. The summed E-state index contributed by atoms with van der Waals surface area (Å²) in [4.78, 5) is 2.48. The van der Waals surface area contributed by atoms with E-state index in [0.29, 0.717) is 0 Å². The molecule has 2 nitrogen and oxygen atoms in total. The first-order chi connectivity index (χ1) is 7.75. The zero-order chi connectivity index (χ0) is 11.4. The van der Waals surface area contributed by atoms with Crippen LogP contribution in [0.2, 0.25) is 0 Å². The Kier molecular flexibility index (Phi) is 3.83. The van der Waals surface area contributed by atoms with Gasteiger partial charge in [0, 0.05) is 6.54 Å². The van der Waals surface area contributed by atoms with Crippen LogP contribution >= 0.6 is 0 Å². The molecule has 2 rings (SSSR count). The van der Waals surface area contributed by atoms with E-state index in [4.69, 9.17) is 4.74 Å². The minimum atomic E-state index is 0.809. The smallest absolute Gasteiger partial charge is 0.122 e. The lowest BCUT2D eigenvalue weighted by molar-refractivity contribution is 0.237. The molecule has 88 valence electrons. The number of likely N-dealkylation sites (tertiary alicyclic amines) is 1. The molecule has 16 heavy (non-hydrogen) atoms. The van der Waals surface area contributed by atoms with Crippen LogP contribution in [-0.2, 0) is 0 Å². The fraction of sp³-hybridized carbons (Fsp3) is 0.571. The summed E-state index contributed by atoms with van der Waals surface area (Å²) < 4.78 is 5.81. The number of rotatable bonds is 4. The molecule has 1 aliphatic heterocycles. The summed E-state index contributed by atoms with van der Waals surface area (Å²) >= 11 is 0. The predicted molar refractivity (Wildman–Crippen MR) is 67.1 cm³/mol. The van der Waals surface area contributed by atoms with Gasteiger partial charge in [-0.3, -0.25) is 4.90 Å². The molecule has 1 aromatic rings. The number of ether oxygens (including phenoxy) is 1. The van der Waals surface area contributed by atoms with Gasteiger partial charge in [0.2, 0.25) is 0 Å². The molecule has 1 heterocycles. The quantitative estimate of drug-likeness (QED) is 0.772. The molecule has 0 unspecified atom stereocenters. The summed E-state index contributed by atoms with van der Waals surface area (Å²) in [6.07, 6.45) is 2.70. The van der Waals surface area contributed by atoms with Crippen molar-refractivity contribution < 1.29 is 4.74 Å². The van der Waals surface area contributed by atoms with E-state index in [1.807, 2.05) is 0 Å². The van der Waals surface area contributed by atoms with Crippen molar-refractivity contribution in [2.75, 3.05) is 26.2 Å². The SMILES string of the molecule is Cc1ccc(OCCN2CCCC2)c(C)c1. The maximum Gasteiger partial charge on any atom is 0.122 e. The van der Waals surface area contributed by atoms with Gasteiger partial charge in [-0.1, -0.05) is 17.7 Å². The molecule has 0 bridgehead atoms. The Morgan fingerprint density at radius 3 is 2.62 bits per heavy atom. The van der Waals surface area contributed by atoms with E-state index >= 15 is 0 Å². The second kappa shape index (κ2) is 5.35. The zero-order valence-electron chi connectivity index (χ0n) is 10.3. The first kappa shape index (κ1) is 11.5. The van der Waals surface area contributed by atoms with Crippen LogP contribution in [-0.4, -0.2) is 31.1 Å². The number of hydrogen-bond acceptors (Lipinski definition) is 2. The highest BCUT2D eigenvalue weighted by molar-refractivity contribution is 5.35.